The molecule has 112 valence electrons. The lowest BCUT2D eigenvalue weighted by Crippen LogP contribution is -2.42. The van der Waals surface area contributed by atoms with Crippen molar-refractivity contribution in [2.24, 2.45) is 0 Å². The van der Waals surface area contributed by atoms with Crippen molar-refractivity contribution in [3.05, 3.63) is 22.4 Å². The quantitative estimate of drug-likeness (QED) is 0.759. The molecule has 2 N–H and O–H groups in total. The molecular weight excluding hydrogens is 270 g/mol. The molecule has 0 bridgehead atoms. The fourth-order valence-electron chi connectivity index (χ4n) is 2.60. The van der Waals surface area contributed by atoms with Gasteiger partial charge in [-0.05, 0) is 74.6 Å². The zero-order chi connectivity index (χ0) is 14.2. The van der Waals surface area contributed by atoms with E-state index in [1.54, 1.807) is 11.3 Å². The zero-order valence-electron chi connectivity index (χ0n) is 12.2. The number of thiophene rings is 1. The average Bonchev–Trinajstić information content (AvgIpc) is 3.07. The van der Waals surface area contributed by atoms with Crippen molar-refractivity contribution >= 4 is 17.4 Å². The smallest absolute Gasteiger partial charge is 0.315 e. The van der Waals surface area contributed by atoms with Gasteiger partial charge in [0, 0.05) is 12.6 Å². The first kappa shape index (κ1) is 15.3. The van der Waals surface area contributed by atoms with Crippen molar-refractivity contribution in [3.63, 3.8) is 0 Å². The Morgan fingerprint density at radius 2 is 2.25 bits per heavy atom. The standard InChI is InChI=1S/C15H25N3OS/c1-13(11-14-5-10-20-12-14)17-15(19)16-6-4-9-18-7-2-3-8-18/h5,10,12-13H,2-4,6-9,11H2,1H3,(H2,16,17,19)/t13-/m0/s1. The Bertz CT molecular complexity index is 388. The minimum Gasteiger partial charge on any atom is -0.338 e. The van der Waals surface area contributed by atoms with E-state index in [1.165, 1.54) is 31.5 Å². The molecule has 1 aliphatic heterocycles. The molecule has 0 saturated carbocycles. The molecule has 5 heteroatoms. The van der Waals surface area contributed by atoms with E-state index in [-0.39, 0.29) is 12.1 Å². The molecule has 1 atom stereocenters. The normalized spacial score (nSPS) is 17.1. The van der Waals surface area contributed by atoms with E-state index in [2.05, 4.69) is 32.4 Å². The van der Waals surface area contributed by atoms with Crippen LogP contribution in [0.1, 0.15) is 31.7 Å². The van der Waals surface area contributed by atoms with E-state index in [1.807, 2.05) is 6.92 Å². The predicted molar refractivity (Wildman–Crippen MR) is 84.3 cm³/mol. The van der Waals surface area contributed by atoms with Crippen molar-refractivity contribution in [2.75, 3.05) is 26.2 Å². The topological polar surface area (TPSA) is 44.4 Å². The fourth-order valence-corrected chi connectivity index (χ4v) is 3.28. The van der Waals surface area contributed by atoms with Gasteiger partial charge in [0.15, 0.2) is 0 Å². The van der Waals surface area contributed by atoms with Gasteiger partial charge in [0.25, 0.3) is 0 Å². The van der Waals surface area contributed by atoms with Crippen LogP contribution in [0.5, 0.6) is 0 Å². The van der Waals surface area contributed by atoms with Crippen molar-refractivity contribution < 1.29 is 4.79 Å². The number of urea groups is 1. The summed E-state index contributed by atoms with van der Waals surface area (Å²) in [4.78, 5) is 14.2. The van der Waals surface area contributed by atoms with Crippen LogP contribution in [-0.2, 0) is 6.42 Å². The molecule has 2 heterocycles. The lowest BCUT2D eigenvalue weighted by Gasteiger charge is -2.16. The first-order valence-electron chi connectivity index (χ1n) is 7.52. The number of amides is 2. The molecule has 0 aromatic carbocycles. The third kappa shape index (κ3) is 5.51. The van der Waals surface area contributed by atoms with Gasteiger partial charge in [0.2, 0.25) is 0 Å². The van der Waals surface area contributed by atoms with Gasteiger partial charge in [0.05, 0.1) is 0 Å². The monoisotopic (exact) mass is 295 g/mol. The van der Waals surface area contributed by atoms with Gasteiger partial charge < -0.3 is 15.5 Å². The molecule has 2 amide bonds. The third-order valence-electron chi connectivity index (χ3n) is 3.63. The molecule has 20 heavy (non-hydrogen) atoms. The Morgan fingerprint density at radius 1 is 1.45 bits per heavy atom. The molecule has 4 nitrogen and oxygen atoms in total. The number of likely N-dealkylation sites (tertiary alicyclic amines) is 1. The molecule has 1 aliphatic rings. The zero-order valence-corrected chi connectivity index (χ0v) is 13.0. The Kier molecular flexibility index (Phi) is 6.33. The molecule has 0 aliphatic carbocycles. The Morgan fingerprint density at radius 3 is 2.95 bits per heavy atom. The summed E-state index contributed by atoms with van der Waals surface area (Å²) in [5.41, 5.74) is 1.29. The van der Waals surface area contributed by atoms with E-state index in [0.717, 1.165) is 25.9 Å². The molecule has 0 spiro atoms. The number of hydrogen-bond donors (Lipinski definition) is 2. The Labute approximate surface area is 125 Å². The summed E-state index contributed by atoms with van der Waals surface area (Å²) in [6.07, 6.45) is 4.58. The Balaban J connectivity index is 1.53. The second kappa shape index (κ2) is 8.27. The summed E-state index contributed by atoms with van der Waals surface area (Å²) in [6, 6.07) is 2.23. The summed E-state index contributed by atoms with van der Waals surface area (Å²) in [7, 11) is 0. The van der Waals surface area contributed by atoms with Crippen molar-refractivity contribution in [2.45, 2.75) is 38.6 Å². The van der Waals surface area contributed by atoms with Crippen molar-refractivity contribution in [1.82, 2.24) is 15.5 Å². The van der Waals surface area contributed by atoms with Crippen LogP contribution in [0.25, 0.3) is 0 Å². The lowest BCUT2D eigenvalue weighted by molar-refractivity contribution is 0.236. The van der Waals surface area contributed by atoms with Crippen LogP contribution >= 0.6 is 11.3 Å². The summed E-state index contributed by atoms with van der Waals surface area (Å²) >= 11 is 1.70. The highest BCUT2D eigenvalue weighted by atomic mass is 32.1. The van der Waals surface area contributed by atoms with Crippen LogP contribution < -0.4 is 10.6 Å². The summed E-state index contributed by atoms with van der Waals surface area (Å²) in [5, 5.41) is 10.1. The number of carbonyl (C=O) groups is 1. The van der Waals surface area contributed by atoms with Crippen LogP contribution in [0.15, 0.2) is 16.8 Å². The van der Waals surface area contributed by atoms with Gasteiger partial charge >= 0.3 is 6.03 Å². The maximum absolute atomic E-state index is 11.7. The van der Waals surface area contributed by atoms with E-state index >= 15 is 0 Å². The van der Waals surface area contributed by atoms with E-state index < -0.39 is 0 Å². The molecule has 0 unspecified atom stereocenters. The minimum atomic E-state index is -0.0471. The second-order valence-electron chi connectivity index (χ2n) is 5.54. The SMILES string of the molecule is C[C@@H](Cc1ccsc1)NC(=O)NCCCN1CCCC1. The highest BCUT2D eigenvalue weighted by molar-refractivity contribution is 7.07. The van der Waals surface area contributed by atoms with Crippen LogP contribution in [0.2, 0.25) is 0 Å². The molecule has 1 fully saturated rings. The van der Waals surface area contributed by atoms with Crippen LogP contribution in [0, 0.1) is 0 Å². The molecule has 2 rings (SSSR count). The lowest BCUT2D eigenvalue weighted by atomic mass is 10.1. The molecule has 0 radical (unpaired) electrons. The summed E-state index contributed by atoms with van der Waals surface area (Å²) < 4.78 is 0. The maximum atomic E-state index is 11.7. The number of carbonyl (C=O) groups excluding carboxylic acids is 1. The van der Waals surface area contributed by atoms with Crippen LogP contribution in [0.3, 0.4) is 0 Å². The van der Waals surface area contributed by atoms with Crippen LogP contribution in [-0.4, -0.2) is 43.2 Å². The minimum absolute atomic E-state index is 0.0471. The van der Waals surface area contributed by atoms with Gasteiger partial charge in [-0.25, -0.2) is 4.79 Å². The van der Waals surface area contributed by atoms with Crippen molar-refractivity contribution in [3.8, 4) is 0 Å². The average molecular weight is 295 g/mol. The largest absolute Gasteiger partial charge is 0.338 e. The van der Waals surface area contributed by atoms with Gasteiger partial charge in [-0.3, -0.25) is 0 Å². The van der Waals surface area contributed by atoms with Gasteiger partial charge in [-0.1, -0.05) is 0 Å². The number of nitrogens with one attached hydrogen (secondary N) is 2. The molecule has 1 aromatic rings. The number of hydrogen-bond acceptors (Lipinski definition) is 3. The summed E-state index contributed by atoms with van der Waals surface area (Å²) in [5.74, 6) is 0. The Hall–Kier alpha value is -1.07. The van der Waals surface area contributed by atoms with Gasteiger partial charge in [-0.15, -0.1) is 0 Å². The fraction of sp³-hybridized carbons (Fsp3) is 0.667. The van der Waals surface area contributed by atoms with Crippen LogP contribution in [0.4, 0.5) is 4.79 Å². The van der Waals surface area contributed by atoms with E-state index in [4.69, 9.17) is 0 Å². The molecule has 1 saturated heterocycles. The third-order valence-corrected chi connectivity index (χ3v) is 4.37. The first-order valence-corrected chi connectivity index (χ1v) is 8.46. The second-order valence-corrected chi connectivity index (χ2v) is 6.32. The highest BCUT2D eigenvalue weighted by Gasteiger charge is 2.11. The molecular formula is C15H25N3OS. The molecule has 1 aromatic heterocycles. The van der Waals surface area contributed by atoms with Crippen molar-refractivity contribution in [1.29, 1.82) is 0 Å². The summed E-state index contributed by atoms with van der Waals surface area (Å²) in [6.45, 7) is 6.35. The van der Waals surface area contributed by atoms with E-state index in [9.17, 15) is 4.79 Å². The van der Waals surface area contributed by atoms with Gasteiger partial charge in [0.1, 0.15) is 0 Å². The maximum Gasteiger partial charge on any atom is 0.315 e. The van der Waals surface area contributed by atoms with E-state index in [0.29, 0.717) is 0 Å². The van der Waals surface area contributed by atoms with Gasteiger partial charge in [-0.2, -0.15) is 11.3 Å². The number of rotatable bonds is 7. The predicted octanol–water partition coefficient (Wildman–Crippen LogP) is 2.46. The first-order chi connectivity index (χ1) is 9.74. The number of nitrogens with zero attached hydrogens (tertiary/aromatic N) is 1. The highest BCUT2D eigenvalue weighted by Crippen LogP contribution is 2.08.